The van der Waals surface area contributed by atoms with Crippen molar-refractivity contribution in [3.63, 3.8) is 0 Å². The molecule has 2 fully saturated rings. The van der Waals surface area contributed by atoms with Crippen molar-refractivity contribution < 1.29 is 4.74 Å². The van der Waals surface area contributed by atoms with Crippen LogP contribution in [-0.2, 0) is 4.74 Å². The van der Waals surface area contributed by atoms with Crippen LogP contribution in [0.5, 0.6) is 0 Å². The van der Waals surface area contributed by atoms with Gasteiger partial charge in [0.1, 0.15) is 0 Å². The maximum absolute atomic E-state index is 6.13. The van der Waals surface area contributed by atoms with Crippen LogP contribution >= 0.6 is 0 Å². The Morgan fingerprint density at radius 3 is 2.22 bits per heavy atom. The minimum absolute atomic E-state index is 0.117. The van der Waals surface area contributed by atoms with E-state index < -0.39 is 0 Å². The van der Waals surface area contributed by atoms with E-state index in [0.29, 0.717) is 0 Å². The van der Waals surface area contributed by atoms with E-state index in [0.717, 1.165) is 25.1 Å². The standard InChI is InChI=1S/C14H29N3O/c1-16(2)13-6-8-17(9-7-13)14(10-15,11-18-3)12-4-5-12/h12-13H,4-11,15H2,1-3H3. The molecule has 0 aromatic carbocycles. The zero-order valence-corrected chi connectivity index (χ0v) is 12.2. The van der Waals surface area contributed by atoms with Crippen LogP contribution in [0.2, 0.25) is 0 Å². The van der Waals surface area contributed by atoms with Crippen molar-refractivity contribution in [2.24, 2.45) is 11.7 Å². The number of hydrogen-bond donors (Lipinski definition) is 1. The normalized spacial score (nSPS) is 26.5. The average molecular weight is 255 g/mol. The minimum Gasteiger partial charge on any atom is -0.383 e. The lowest BCUT2D eigenvalue weighted by Gasteiger charge is -2.47. The summed E-state index contributed by atoms with van der Waals surface area (Å²) in [7, 11) is 6.18. The van der Waals surface area contributed by atoms with Crippen LogP contribution in [0.4, 0.5) is 0 Å². The molecule has 1 heterocycles. The highest BCUT2D eigenvalue weighted by atomic mass is 16.5. The smallest absolute Gasteiger partial charge is 0.0661 e. The minimum atomic E-state index is 0.117. The molecule has 1 atom stereocenters. The second kappa shape index (κ2) is 5.87. The van der Waals surface area contributed by atoms with Gasteiger partial charge in [0.05, 0.1) is 12.1 Å². The maximum atomic E-state index is 6.13. The third-order valence-corrected chi connectivity index (χ3v) is 4.91. The van der Waals surface area contributed by atoms with Crippen molar-refractivity contribution in [3.8, 4) is 0 Å². The molecular weight excluding hydrogens is 226 g/mol. The Hall–Kier alpha value is -0.160. The van der Waals surface area contributed by atoms with Gasteiger partial charge in [-0.15, -0.1) is 0 Å². The van der Waals surface area contributed by atoms with E-state index >= 15 is 0 Å². The monoisotopic (exact) mass is 255 g/mol. The topological polar surface area (TPSA) is 41.7 Å². The van der Waals surface area contributed by atoms with Gasteiger partial charge >= 0.3 is 0 Å². The summed E-state index contributed by atoms with van der Waals surface area (Å²) in [6, 6.07) is 0.735. The van der Waals surface area contributed by atoms with E-state index in [4.69, 9.17) is 10.5 Å². The molecule has 0 bridgehead atoms. The third kappa shape index (κ3) is 2.72. The zero-order chi connectivity index (χ0) is 13.2. The van der Waals surface area contributed by atoms with E-state index in [2.05, 4.69) is 23.9 Å². The summed E-state index contributed by atoms with van der Waals surface area (Å²) < 4.78 is 5.49. The molecule has 2 N–H and O–H groups in total. The first-order valence-corrected chi connectivity index (χ1v) is 7.24. The first kappa shape index (κ1) is 14.3. The molecule has 4 heteroatoms. The van der Waals surface area contributed by atoms with Crippen LogP contribution in [0.3, 0.4) is 0 Å². The van der Waals surface area contributed by atoms with E-state index in [-0.39, 0.29) is 5.54 Å². The van der Waals surface area contributed by atoms with Crippen LogP contribution in [0.25, 0.3) is 0 Å². The average Bonchev–Trinajstić information content (AvgIpc) is 3.21. The van der Waals surface area contributed by atoms with E-state index in [1.165, 1.54) is 38.8 Å². The number of likely N-dealkylation sites (tertiary alicyclic amines) is 1. The Bertz CT molecular complexity index is 260. The van der Waals surface area contributed by atoms with Gasteiger partial charge in [0.25, 0.3) is 0 Å². The number of piperidine rings is 1. The van der Waals surface area contributed by atoms with Crippen molar-refractivity contribution in [3.05, 3.63) is 0 Å². The number of ether oxygens (including phenoxy) is 1. The SMILES string of the molecule is COCC(CN)(C1CC1)N1CCC(N(C)C)CC1. The Kier molecular flexibility index (Phi) is 4.64. The van der Waals surface area contributed by atoms with Crippen molar-refractivity contribution in [1.29, 1.82) is 0 Å². The number of nitrogens with zero attached hydrogens (tertiary/aromatic N) is 2. The molecule has 1 saturated heterocycles. The Labute approximate surface area is 111 Å². The predicted octanol–water partition coefficient (Wildman–Crippen LogP) is 0.766. The Balaban J connectivity index is 2.00. The molecule has 2 rings (SSSR count). The van der Waals surface area contributed by atoms with Crippen molar-refractivity contribution >= 4 is 0 Å². The van der Waals surface area contributed by atoms with E-state index in [9.17, 15) is 0 Å². The molecular formula is C14H29N3O. The predicted molar refractivity (Wildman–Crippen MR) is 74.7 cm³/mol. The molecule has 0 aromatic rings. The molecule has 0 aromatic heterocycles. The lowest BCUT2D eigenvalue weighted by atomic mass is 9.88. The quantitative estimate of drug-likeness (QED) is 0.761. The van der Waals surface area contributed by atoms with Crippen LogP contribution in [0.1, 0.15) is 25.7 Å². The maximum Gasteiger partial charge on any atom is 0.0661 e. The second-order valence-corrected chi connectivity index (χ2v) is 6.20. The van der Waals surface area contributed by atoms with Gasteiger partial charge in [-0.1, -0.05) is 0 Å². The van der Waals surface area contributed by atoms with Crippen LogP contribution in [0.15, 0.2) is 0 Å². The summed E-state index contributed by atoms with van der Waals surface area (Å²) in [6.45, 7) is 3.86. The third-order valence-electron chi connectivity index (χ3n) is 4.91. The van der Waals surface area contributed by atoms with Gasteiger partial charge in [0.15, 0.2) is 0 Å². The Morgan fingerprint density at radius 1 is 1.22 bits per heavy atom. The number of hydrogen-bond acceptors (Lipinski definition) is 4. The first-order chi connectivity index (χ1) is 8.64. The van der Waals surface area contributed by atoms with Crippen LogP contribution < -0.4 is 5.73 Å². The fourth-order valence-electron chi connectivity index (χ4n) is 3.52. The fourth-order valence-corrected chi connectivity index (χ4v) is 3.52. The number of methoxy groups -OCH3 is 1. The molecule has 0 spiro atoms. The number of nitrogens with two attached hydrogens (primary N) is 1. The van der Waals surface area contributed by atoms with Crippen molar-refractivity contribution in [1.82, 2.24) is 9.80 Å². The molecule has 4 nitrogen and oxygen atoms in total. The van der Waals surface area contributed by atoms with Crippen molar-refractivity contribution in [2.75, 3.05) is 47.4 Å². The van der Waals surface area contributed by atoms with Gasteiger partial charge in [0, 0.05) is 32.8 Å². The molecule has 18 heavy (non-hydrogen) atoms. The van der Waals surface area contributed by atoms with Gasteiger partial charge in [-0.2, -0.15) is 0 Å². The summed E-state index contributed by atoms with van der Waals surface area (Å²) in [5, 5.41) is 0. The highest BCUT2D eigenvalue weighted by Gasteiger charge is 2.49. The lowest BCUT2D eigenvalue weighted by Crippen LogP contribution is -2.61. The highest BCUT2D eigenvalue weighted by Crippen LogP contribution is 2.44. The fraction of sp³-hybridized carbons (Fsp3) is 1.00. The molecule has 1 saturated carbocycles. The van der Waals surface area contributed by atoms with Gasteiger partial charge in [-0.25, -0.2) is 0 Å². The van der Waals surface area contributed by atoms with E-state index in [1.54, 1.807) is 7.11 Å². The molecule has 1 aliphatic heterocycles. The zero-order valence-electron chi connectivity index (χ0n) is 12.2. The summed E-state index contributed by atoms with van der Waals surface area (Å²) in [4.78, 5) is 4.98. The molecule has 1 aliphatic carbocycles. The highest BCUT2D eigenvalue weighted by molar-refractivity contribution is 5.04. The summed E-state index contributed by atoms with van der Waals surface area (Å²) in [6.07, 6.45) is 5.17. The molecule has 0 amide bonds. The molecule has 1 unspecified atom stereocenters. The van der Waals surface area contributed by atoms with Gasteiger partial charge in [0.2, 0.25) is 0 Å². The summed E-state index contributed by atoms with van der Waals surface area (Å²) in [5.74, 6) is 0.762. The largest absolute Gasteiger partial charge is 0.383 e. The molecule has 106 valence electrons. The van der Waals surface area contributed by atoms with Gasteiger partial charge in [-0.3, -0.25) is 4.90 Å². The van der Waals surface area contributed by atoms with Crippen molar-refractivity contribution in [2.45, 2.75) is 37.3 Å². The summed E-state index contributed by atoms with van der Waals surface area (Å²) in [5.41, 5.74) is 6.25. The van der Waals surface area contributed by atoms with Crippen LogP contribution in [-0.4, -0.2) is 68.8 Å². The summed E-state index contributed by atoms with van der Waals surface area (Å²) >= 11 is 0. The lowest BCUT2D eigenvalue weighted by molar-refractivity contribution is -0.0222. The molecule has 0 radical (unpaired) electrons. The van der Waals surface area contributed by atoms with Crippen LogP contribution in [0, 0.1) is 5.92 Å². The second-order valence-electron chi connectivity index (χ2n) is 6.20. The molecule has 2 aliphatic rings. The first-order valence-electron chi connectivity index (χ1n) is 7.24. The van der Waals surface area contributed by atoms with Gasteiger partial charge in [-0.05, 0) is 45.7 Å². The Morgan fingerprint density at radius 2 is 1.83 bits per heavy atom. The van der Waals surface area contributed by atoms with E-state index in [1.807, 2.05) is 0 Å². The number of rotatable bonds is 6. The van der Waals surface area contributed by atoms with Gasteiger partial charge < -0.3 is 15.4 Å².